The minimum atomic E-state index is -3.80. The predicted molar refractivity (Wildman–Crippen MR) is 97.9 cm³/mol. The molecule has 0 saturated carbocycles. The third kappa shape index (κ3) is 5.84. The fraction of sp³-hybridized carbons (Fsp3) is 0.158. The van der Waals surface area contributed by atoms with Crippen molar-refractivity contribution in [1.82, 2.24) is 4.72 Å². The number of hydrogen-bond acceptors (Lipinski definition) is 5. The van der Waals surface area contributed by atoms with Crippen LogP contribution >= 0.6 is 0 Å². The van der Waals surface area contributed by atoms with Gasteiger partial charge in [-0.25, -0.2) is 8.42 Å². The van der Waals surface area contributed by atoms with E-state index in [1.807, 2.05) is 12.1 Å². The second-order valence-corrected chi connectivity index (χ2v) is 7.07. The van der Waals surface area contributed by atoms with Crippen LogP contribution in [0.25, 0.3) is 6.08 Å². The van der Waals surface area contributed by atoms with Crippen LogP contribution in [0.3, 0.4) is 0 Å². The topological polar surface area (TPSA) is 96.3 Å². The summed E-state index contributed by atoms with van der Waals surface area (Å²) in [6, 6.07) is 16.6. The van der Waals surface area contributed by atoms with Crippen molar-refractivity contribution in [1.29, 1.82) is 5.26 Å². The summed E-state index contributed by atoms with van der Waals surface area (Å²) in [6.45, 7) is 1.29. The Bertz CT molecular complexity index is 932. The maximum atomic E-state index is 12.0. The predicted octanol–water partition coefficient (Wildman–Crippen LogP) is 2.58. The van der Waals surface area contributed by atoms with E-state index < -0.39 is 22.0 Å². The Morgan fingerprint density at radius 3 is 2.54 bits per heavy atom. The third-order valence-electron chi connectivity index (χ3n) is 3.44. The van der Waals surface area contributed by atoms with Gasteiger partial charge in [-0.05, 0) is 24.6 Å². The zero-order valence-corrected chi connectivity index (χ0v) is 14.9. The summed E-state index contributed by atoms with van der Waals surface area (Å²) in [5.74, 6) is -0.727. The Morgan fingerprint density at radius 1 is 1.19 bits per heavy atom. The highest BCUT2D eigenvalue weighted by atomic mass is 32.2. The van der Waals surface area contributed by atoms with E-state index >= 15 is 0 Å². The molecule has 0 aliphatic carbocycles. The van der Waals surface area contributed by atoms with Gasteiger partial charge in [0.2, 0.25) is 10.0 Å². The van der Waals surface area contributed by atoms with Crippen molar-refractivity contribution < 1.29 is 17.9 Å². The van der Waals surface area contributed by atoms with Gasteiger partial charge in [0.1, 0.15) is 12.6 Å². The third-order valence-corrected chi connectivity index (χ3v) is 4.62. The van der Waals surface area contributed by atoms with Crippen LogP contribution in [0.2, 0.25) is 0 Å². The van der Waals surface area contributed by atoms with Gasteiger partial charge in [-0.1, -0.05) is 48.5 Å². The fourth-order valence-corrected chi connectivity index (χ4v) is 3.10. The number of nitrogens with one attached hydrogen (secondary N) is 1. The highest BCUT2D eigenvalue weighted by Gasteiger charge is 2.20. The number of sulfonamides is 1. The maximum absolute atomic E-state index is 12.0. The fourth-order valence-electron chi connectivity index (χ4n) is 2.10. The Morgan fingerprint density at radius 2 is 1.85 bits per heavy atom. The molecule has 2 aromatic rings. The van der Waals surface area contributed by atoms with Gasteiger partial charge in [-0.3, -0.25) is 4.79 Å². The van der Waals surface area contributed by atoms with Crippen molar-refractivity contribution in [2.45, 2.75) is 19.6 Å². The lowest BCUT2D eigenvalue weighted by molar-refractivity contribution is -0.146. The number of carbonyl (C=O) groups is 1. The molecule has 1 atom stereocenters. The van der Waals surface area contributed by atoms with Crippen molar-refractivity contribution in [3.8, 4) is 6.07 Å². The van der Waals surface area contributed by atoms with Gasteiger partial charge in [0.15, 0.2) is 0 Å². The quantitative estimate of drug-likeness (QED) is 0.756. The molecule has 2 aromatic carbocycles. The standard InChI is InChI=1S/C19H18N2O4S/c1-15(19(22)25-14-18-10-6-5-9-17(18)13-20)21-26(23,24)12-11-16-7-3-2-4-8-16/h2-12,15,21H,14H2,1H3/b12-11+/t15-/m0/s1. The number of rotatable bonds is 7. The van der Waals surface area contributed by atoms with Crippen LogP contribution in [0.5, 0.6) is 0 Å². The second kappa shape index (κ2) is 8.94. The molecule has 0 aliphatic heterocycles. The highest BCUT2D eigenvalue weighted by Crippen LogP contribution is 2.09. The van der Waals surface area contributed by atoms with Gasteiger partial charge in [0.05, 0.1) is 11.6 Å². The highest BCUT2D eigenvalue weighted by molar-refractivity contribution is 7.92. The number of benzene rings is 2. The van der Waals surface area contributed by atoms with Crippen LogP contribution in [-0.4, -0.2) is 20.4 Å². The number of hydrogen-bond donors (Lipinski definition) is 1. The van der Waals surface area contributed by atoms with E-state index in [-0.39, 0.29) is 6.61 Å². The second-order valence-electron chi connectivity index (χ2n) is 5.47. The minimum Gasteiger partial charge on any atom is -0.460 e. The first-order chi connectivity index (χ1) is 12.4. The van der Waals surface area contributed by atoms with Crippen molar-refractivity contribution in [3.63, 3.8) is 0 Å². The summed E-state index contributed by atoms with van der Waals surface area (Å²) in [6.07, 6.45) is 1.43. The number of carbonyl (C=O) groups excluding carboxylic acids is 1. The van der Waals surface area contributed by atoms with E-state index in [1.165, 1.54) is 13.0 Å². The normalized spacial score (nSPS) is 12.5. The van der Waals surface area contributed by atoms with E-state index in [1.54, 1.807) is 48.5 Å². The molecule has 0 heterocycles. The summed E-state index contributed by atoms with van der Waals surface area (Å²) < 4.78 is 31.4. The number of nitriles is 1. The molecule has 0 radical (unpaired) electrons. The molecule has 0 fully saturated rings. The molecule has 134 valence electrons. The molecule has 0 bridgehead atoms. The van der Waals surface area contributed by atoms with Gasteiger partial charge >= 0.3 is 5.97 Å². The molecule has 26 heavy (non-hydrogen) atoms. The van der Waals surface area contributed by atoms with Crippen LogP contribution in [0.15, 0.2) is 60.0 Å². The Hall–Kier alpha value is -2.95. The Labute approximate surface area is 152 Å². The van der Waals surface area contributed by atoms with Crippen LogP contribution in [-0.2, 0) is 26.2 Å². The minimum absolute atomic E-state index is 0.103. The van der Waals surface area contributed by atoms with E-state index in [0.717, 1.165) is 11.0 Å². The van der Waals surface area contributed by atoms with E-state index in [9.17, 15) is 13.2 Å². The number of esters is 1. The van der Waals surface area contributed by atoms with Crippen molar-refractivity contribution in [2.24, 2.45) is 0 Å². The van der Waals surface area contributed by atoms with Crippen LogP contribution in [0, 0.1) is 11.3 Å². The molecule has 0 amide bonds. The summed E-state index contributed by atoms with van der Waals surface area (Å²) in [7, 11) is -3.80. The first-order valence-electron chi connectivity index (χ1n) is 7.81. The largest absolute Gasteiger partial charge is 0.460 e. The van der Waals surface area contributed by atoms with Crippen LogP contribution in [0.4, 0.5) is 0 Å². The first-order valence-corrected chi connectivity index (χ1v) is 9.36. The molecule has 1 N–H and O–H groups in total. The van der Waals surface area contributed by atoms with E-state index in [4.69, 9.17) is 10.00 Å². The molecule has 0 aliphatic rings. The average Bonchev–Trinajstić information content (AvgIpc) is 2.65. The van der Waals surface area contributed by atoms with Crippen LogP contribution < -0.4 is 4.72 Å². The van der Waals surface area contributed by atoms with Crippen molar-refractivity contribution >= 4 is 22.1 Å². The van der Waals surface area contributed by atoms with Gasteiger partial charge in [-0.15, -0.1) is 0 Å². The SMILES string of the molecule is C[C@H](NS(=O)(=O)/C=C/c1ccccc1)C(=O)OCc1ccccc1C#N. The maximum Gasteiger partial charge on any atom is 0.324 e. The first kappa shape index (κ1) is 19.4. The molecular weight excluding hydrogens is 352 g/mol. The smallest absolute Gasteiger partial charge is 0.324 e. The number of nitrogens with zero attached hydrogens (tertiary/aromatic N) is 1. The van der Waals surface area contributed by atoms with Crippen LogP contribution in [0.1, 0.15) is 23.6 Å². The molecule has 2 rings (SSSR count). The lowest BCUT2D eigenvalue weighted by Gasteiger charge is -2.12. The average molecular weight is 370 g/mol. The Kier molecular flexibility index (Phi) is 6.67. The zero-order valence-electron chi connectivity index (χ0n) is 14.1. The van der Waals surface area contributed by atoms with Gasteiger partial charge in [-0.2, -0.15) is 9.98 Å². The van der Waals surface area contributed by atoms with Crippen molar-refractivity contribution in [2.75, 3.05) is 0 Å². The monoisotopic (exact) mass is 370 g/mol. The lowest BCUT2D eigenvalue weighted by atomic mass is 10.1. The summed E-state index contributed by atoms with van der Waals surface area (Å²) in [4.78, 5) is 12.0. The molecule has 6 nitrogen and oxygen atoms in total. The summed E-state index contributed by atoms with van der Waals surface area (Å²) in [5, 5.41) is 10.0. The van der Waals surface area contributed by atoms with Gasteiger partial charge in [0.25, 0.3) is 0 Å². The van der Waals surface area contributed by atoms with E-state index in [2.05, 4.69) is 4.72 Å². The molecule has 0 unspecified atom stereocenters. The van der Waals surface area contributed by atoms with E-state index in [0.29, 0.717) is 11.1 Å². The number of ether oxygens (including phenoxy) is 1. The Balaban J connectivity index is 1.93. The molecule has 7 heteroatoms. The lowest BCUT2D eigenvalue weighted by Crippen LogP contribution is -2.38. The molecule has 0 aromatic heterocycles. The molecule has 0 saturated heterocycles. The molecule has 0 spiro atoms. The molecular formula is C19H18N2O4S. The summed E-state index contributed by atoms with van der Waals surface area (Å²) >= 11 is 0. The van der Waals surface area contributed by atoms with Crippen molar-refractivity contribution in [3.05, 3.63) is 76.7 Å². The zero-order chi connectivity index (χ0) is 19.0. The van der Waals surface area contributed by atoms with Gasteiger partial charge < -0.3 is 4.74 Å². The van der Waals surface area contributed by atoms with Gasteiger partial charge in [0, 0.05) is 11.0 Å². The summed E-state index contributed by atoms with van der Waals surface area (Å²) in [5.41, 5.74) is 1.68.